The predicted octanol–water partition coefficient (Wildman–Crippen LogP) is 8.79. The van der Waals surface area contributed by atoms with Gasteiger partial charge >= 0.3 is 0 Å². The molecule has 0 rings (SSSR count). The Kier molecular flexibility index (Phi) is 30.1. The molecule has 5 heteroatoms. The molecule has 2 unspecified atom stereocenters. The molecule has 0 spiro atoms. The maximum absolute atomic E-state index is 10.2. The number of nitrogens with two attached hydrogens (primary N) is 1. The highest BCUT2D eigenvalue weighted by Gasteiger charge is 2.06. The lowest BCUT2D eigenvalue weighted by molar-refractivity contribution is 0.163. The zero-order chi connectivity index (χ0) is 27.9. The second-order valence-electron chi connectivity index (χ2n) is 11.8. The van der Waals surface area contributed by atoms with Gasteiger partial charge in [0.1, 0.15) is 0 Å². The molecule has 0 amide bonds. The van der Waals surface area contributed by atoms with E-state index in [1.54, 1.807) is 0 Å². The molecule has 0 fully saturated rings. The van der Waals surface area contributed by atoms with Crippen molar-refractivity contribution in [1.29, 1.82) is 0 Å². The first-order valence-electron chi connectivity index (χ1n) is 17.0. The average Bonchev–Trinajstić information content (AvgIpc) is 2.92. The van der Waals surface area contributed by atoms with E-state index in [0.29, 0.717) is 19.0 Å². The Labute approximate surface area is 238 Å². The molecule has 5 N–H and O–H groups in total. The molecule has 0 aromatic heterocycles. The van der Waals surface area contributed by atoms with E-state index in [0.717, 1.165) is 25.7 Å². The fraction of sp³-hybridized carbons (Fsp3) is 0.970. The third kappa shape index (κ3) is 29.7. The van der Waals surface area contributed by atoms with E-state index in [-0.39, 0.29) is 0 Å². The molecule has 0 saturated carbocycles. The van der Waals surface area contributed by atoms with Crippen molar-refractivity contribution < 1.29 is 10.2 Å². The largest absolute Gasteiger partial charge is 0.391 e. The van der Waals surface area contributed by atoms with Crippen molar-refractivity contribution >= 4 is 5.96 Å². The second-order valence-corrected chi connectivity index (χ2v) is 11.8. The number of guanidine groups is 1. The third-order valence-corrected chi connectivity index (χ3v) is 7.77. The smallest absolute Gasteiger partial charge is 0.188 e. The summed E-state index contributed by atoms with van der Waals surface area (Å²) in [5, 5.41) is 23.4. The minimum Gasteiger partial charge on any atom is -0.391 e. The maximum Gasteiger partial charge on any atom is 0.188 e. The van der Waals surface area contributed by atoms with E-state index >= 15 is 0 Å². The topological polar surface area (TPSA) is 90.9 Å². The molecule has 2 atom stereocenters. The van der Waals surface area contributed by atoms with Gasteiger partial charge in [-0.1, -0.05) is 168 Å². The van der Waals surface area contributed by atoms with Crippen LogP contribution in [0.25, 0.3) is 0 Å². The van der Waals surface area contributed by atoms with Gasteiger partial charge in [0.05, 0.1) is 18.8 Å². The molecule has 0 heterocycles. The van der Waals surface area contributed by atoms with E-state index in [1.807, 2.05) is 0 Å². The summed E-state index contributed by atoms with van der Waals surface area (Å²) in [7, 11) is 0. The number of aliphatic imine (C=N–C) groups is 1. The quantitative estimate of drug-likeness (QED) is 0.0417. The van der Waals surface area contributed by atoms with Gasteiger partial charge in [0.15, 0.2) is 5.96 Å². The maximum atomic E-state index is 10.2. The van der Waals surface area contributed by atoms with Crippen LogP contribution in [0.5, 0.6) is 0 Å². The Morgan fingerprint density at radius 3 is 1.21 bits per heavy atom. The summed E-state index contributed by atoms with van der Waals surface area (Å²) in [6, 6.07) is 0. The third-order valence-electron chi connectivity index (χ3n) is 7.77. The van der Waals surface area contributed by atoms with Crippen LogP contribution >= 0.6 is 0 Å². The molecule has 0 aromatic carbocycles. The van der Waals surface area contributed by atoms with Crippen LogP contribution in [0.4, 0.5) is 0 Å². The van der Waals surface area contributed by atoms with Gasteiger partial charge in [-0.15, -0.1) is 0 Å². The zero-order valence-electron chi connectivity index (χ0n) is 25.9. The van der Waals surface area contributed by atoms with Gasteiger partial charge in [-0.3, -0.25) is 4.99 Å². The van der Waals surface area contributed by atoms with E-state index in [1.165, 1.54) is 141 Å². The molecular formula is C33H69N3O2. The van der Waals surface area contributed by atoms with Crippen molar-refractivity contribution in [1.82, 2.24) is 5.32 Å². The number of unbranched alkanes of at least 4 members (excludes halogenated alkanes) is 22. The molecule has 0 radical (unpaired) electrons. The van der Waals surface area contributed by atoms with E-state index < -0.39 is 12.2 Å². The van der Waals surface area contributed by atoms with Gasteiger partial charge in [0.25, 0.3) is 0 Å². The molecule has 0 bridgehead atoms. The highest BCUT2D eigenvalue weighted by Crippen LogP contribution is 2.14. The highest BCUT2D eigenvalue weighted by atomic mass is 16.3. The predicted molar refractivity (Wildman–Crippen MR) is 168 cm³/mol. The Bertz CT molecular complexity index is 487. The lowest BCUT2D eigenvalue weighted by Gasteiger charge is -2.13. The molecule has 0 aliphatic heterocycles. The first kappa shape index (κ1) is 37.2. The Morgan fingerprint density at radius 1 is 0.526 bits per heavy atom. The van der Waals surface area contributed by atoms with Crippen LogP contribution in [0.1, 0.15) is 181 Å². The average molecular weight is 540 g/mol. The number of nitrogens with zero attached hydrogens (tertiary/aromatic N) is 1. The first-order valence-corrected chi connectivity index (χ1v) is 17.0. The van der Waals surface area contributed by atoms with Crippen LogP contribution in [0, 0.1) is 0 Å². The number of hydrogen-bond donors (Lipinski definition) is 4. The summed E-state index contributed by atoms with van der Waals surface area (Å²) >= 11 is 0. The van der Waals surface area contributed by atoms with Crippen molar-refractivity contribution in [2.24, 2.45) is 10.7 Å². The lowest BCUT2D eigenvalue weighted by Crippen LogP contribution is -2.38. The molecule has 0 aromatic rings. The molecule has 0 aliphatic carbocycles. The van der Waals surface area contributed by atoms with Crippen molar-refractivity contribution in [3.63, 3.8) is 0 Å². The Balaban J connectivity index is 3.48. The first-order chi connectivity index (χ1) is 18.6. The fourth-order valence-electron chi connectivity index (χ4n) is 5.12. The van der Waals surface area contributed by atoms with Crippen molar-refractivity contribution in [3.8, 4) is 0 Å². The van der Waals surface area contributed by atoms with Gasteiger partial charge in [-0.2, -0.15) is 0 Å². The summed E-state index contributed by atoms with van der Waals surface area (Å²) in [5.74, 6) is 0.326. The van der Waals surface area contributed by atoms with Gasteiger partial charge in [-0.05, 0) is 12.8 Å². The normalized spacial score (nSPS) is 13.6. The summed E-state index contributed by atoms with van der Waals surface area (Å²) in [6.07, 6.45) is 32.6. The summed E-state index contributed by atoms with van der Waals surface area (Å²) in [6.45, 7) is 5.31. The minimum atomic E-state index is -0.426. The fourth-order valence-corrected chi connectivity index (χ4v) is 5.12. The highest BCUT2D eigenvalue weighted by molar-refractivity contribution is 5.77. The Hall–Kier alpha value is -0.810. The van der Waals surface area contributed by atoms with Crippen LogP contribution in [0.3, 0.4) is 0 Å². The SMILES string of the molecule is CCCCCCCCCCCCCCC(O)CN=C(N)NCC(O)CCCCCCCCCCCCCC. The molecular weight excluding hydrogens is 470 g/mol. The van der Waals surface area contributed by atoms with Gasteiger partial charge in [0, 0.05) is 6.54 Å². The van der Waals surface area contributed by atoms with Crippen molar-refractivity contribution in [2.75, 3.05) is 13.1 Å². The second kappa shape index (κ2) is 30.7. The van der Waals surface area contributed by atoms with Gasteiger partial charge in [-0.25, -0.2) is 0 Å². The molecule has 5 nitrogen and oxygen atoms in total. The molecule has 0 saturated heterocycles. The molecule has 0 aliphatic rings. The van der Waals surface area contributed by atoms with Crippen LogP contribution < -0.4 is 11.1 Å². The summed E-state index contributed by atoms with van der Waals surface area (Å²) in [5.41, 5.74) is 5.92. The lowest BCUT2D eigenvalue weighted by atomic mass is 10.0. The minimum absolute atomic E-state index is 0.326. The number of rotatable bonds is 30. The van der Waals surface area contributed by atoms with Crippen LogP contribution in [0.15, 0.2) is 4.99 Å². The van der Waals surface area contributed by atoms with E-state index in [4.69, 9.17) is 5.73 Å². The number of aliphatic hydroxyl groups excluding tert-OH is 2. The molecule has 38 heavy (non-hydrogen) atoms. The van der Waals surface area contributed by atoms with E-state index in [2.05, 4.69) is 24.2 Å². The summed E-state index contributed by atoms with van der Waals surface area (Å²) < 4.78 is 0. The number of aliphatic hydroxyl groups is 2. The van der Waals surface area contributed by atoms with Crippen LogP contribution in [-0.4, -0.2) is 41.5 Å². The van der Waals surface area contributed by atoms with Crippen LogP contribution in [-0.2, 0) is 0 Å². The standard InChI is InChI=1S/C33H69N3O2/c1-3-5-7-9-11-13-15-17-19-21-23-25-27-31(37)29-35-33(34)36-30-32(38)28-26-24-22-20-18-16-14-12-10-8-6-4-2/h31-32,37-38H,3-30H2,1-2H3,(H3,34,35,36). The van der Waals surface area contributed by atoms with Crippen LogP contribution in [0.2, 0.25) is 0 Å². The molecule has 228 valence electrons. The summed E-state index contributed by atoms with van der Waals surface area (Å²) in [4.78, 5) is 4.26. The van der Waals surface area contributed by atoms with E-state index in [9.17, 15) is 10.2 Å². The number of nitrogens with one attached hydrogen (secondary N) is 1. The Morgan fingerprint density at radius 2 is 0.842 bits per heavy atom. The van der Waals surface area contributed by atoms with Gasteiger partial charge < -0.3 is 21.3 Å². The van der Waals surface area contributed by atoms with Crippen molar-refractivity contribution in [3.05, 3.63) is 0 Å². The van der Waals surface area contributed by atoms with Gasteiger partial charge in [0.2, 0.25) is 0 Å². The monoisotopic (exact) mass is 540 g/mol. The zero-order valence-corrected chi connectivity index (χ0v) is 25.9. The van der Waals surface area contributed by atoms with Crippen molar-refractivity contribution in [2.45, 2.75) is 193 Å². The number of hydrogen-bond acceptors (Lipinski definition) is 3.